The molecule has 142 valence electrons. The monoisotopic (exact) mass is 385 g/mol. The van der Waals surface area contributed by atoms with Gasteiger partial charge in [0.15, 0.2) is 0 Å². The van der Waals surface area contributed by atoms with Crippen molar-refractivity contribution in [2.45, 2.75) is 39.0 Å². The van der Waals surface area contributed by atoms with E-state index in [1.807, 2.05) is 12.1 Å². The molecule has 0 fully saturated rings. The molecule has 6 nitrogen and oxygen atoms in total. The van der Waals surface area contributed by atoms with E-state index in [1.165, 1.54) is 17.6 Å². The fourth-order valence-electron chi connectivity index (χ4n) is 3.67. The number of benzene rings is 1. The summed E-state index contributed by atoms with van der Waals surface area (Å²) in [5.74, 6) is -0.397. The zero-order valence-electron chi connectivity index (χ0n) is 15.7. The van der Waals surface area contributed by atoms with Crippen molar-refractivity contribution in [1.29, 1.82) is 0 Å². The summed E-state index contributed by atoms with van der Waals surface area (Å²) in [4.78, 5) is 28.1. The minimum atomic E-state index is -0.370. The lowest BCUT2D eigenvalue weighted by atomic mass is 9.99. The molecule has 1 aromatic carbocycles. The van der Waals surface area contributed by atoms with Gasteiger partial charge in [0, 0.05) is 24.0 Å². The first-order valence-electron chi connectivity index (χ1n) is 9.12. The van der Waals surface area contributed by atoms with Crippen LogP contribution in [0.1, 0.15) is 56.7 Å². The number of amides is 1. The van der Waals surface area contributed by atoms with E-state index >= 15 is 0 Å². The Bertz CT molecular complexity index is 889. The summed E-state index contributed by atoms with van der Waals surface area (Å²) >= 11 is 1.69. The third-order valence-corrected chi connectivity index (χ3v) is 6.41. The van der Waals surface area contributed by atoms with Crippen LogP contribution < -0.4 is 10.6 Å². The van der Waals surface area contributed by atoms with Gasteiger partial charge in [0.05, 0.1) is 18.2 Å². The van der Waals surface area contributed by atoms with Crippen LogP contribution in [0.4, 0.5) is 5.00 Å². The molecule has 2 aliphatic heterocycles. The van der Waals surface area contributed by atoms with Crippen LogP contribution in [0.15, 0.2) is 24.3 Å². The van der Waals surface area contributed by atoms with Crippen LogP contribution in [0, 0.1) is 0 Å². The zero-order valence-corrected chi connectivity index (χ0v) is 16.5. The average molecular weight is 385 g/mol. The fraction of sp³-hybridized carbons (Fsp3) is 0.400. The first kappa shape index (κ1) is 18.0. The standard InChI is InChI=1S/C20H23N3O3S/c1-11(2)23-9-8-14-15(10-23)27-19-16(14)18(24)21-17(22-19)12-4-6-13(7-5-12)20(25)26-3/h4-7,11,17,22H,8-10H2,1-3H3,(H,21,24)/t17-/m1/s1. The van der Waals surface area contributed by atoms with E-state index < -0.39 is 0 Å². The van der Waals surface area contributed by atoms with Crippen LogP contribution in [-0.2, 0) is 17.7 Å². The Labute approximate surface area is 162 Å². The summed E-state index contributed by atoms with van der Waals surface area (Å²) in [6.45, 7) is 6.30. The fourth-order valence-corrected chi connectivity index (χ4v) is 4.97. The molecule has 2 aliphatic rings. The van der Waals surface area contributed by atoms with Gasteiger partial charge in [0.25, 0.3) is 5.91 Å². The highest BCUT2D eigenvalue weighted by Gasteiger charge is 2.33. The Balaban J connectivity index is 1.59. The van der Waals surface area contributed by atoms with Gasteiger partial charge in [-0.1, -0.05) is 12.1 Å². The van der Waals surface area contributed by atoms with Crippen molar-refractivity contribution in [2.75, 3.05) is 19.0 Å². The number of anilines is 1. The summed E-state index contributed by atoms with van der Waals surface area (Å²) in [6.07, 6.45) is 0.602. The number of fused-ring (bicyclic) bond motifs is 3. The summed E-state index contributed by atoms with van der Waals surface area (Å²) in [5, 5.41) is 7.45. The maximum atomic E-state index is 12.8. The third-order valence-electron chi connectivity index (χ3n) is 5.26. The van der Waals surface area contributed by atoms with Crippen LogP contribution in [0.2, 0.25) is 0 Å². The number of carbonyl (C=O) groups excluding carboxylic acids is 2. The summed E-state index contributed by atoms with van der Waals surface area (Å²) in [7, 11) is 1.36. The number of hydrogen-bond acceptors (Lipinski definition) is 6. The molecule has 1 amide bonds. The molecule has 1 atom stereocenters. The Hall–Kier alpha value is -2.38. The minimum absolute atomic E-state index is 0.0266. The minimum Gasteiger partial charge on any atom is -0.465 e. The molecule has 0 aliphatic carbocycles. The van der Waals surface area contributed by atoms with Gasteiger partial charge in [-0.15, -0.1) is 11.3 Å². The smallest absolute Gasteiger partial charge is 0.337 e. The zero-order chi connectivity index (χ0) is 19.1. The Morgan fingerprint density at radius 2 is 2.00 bits per heavy atom. The second kappa shape index (κ2) is 6.98. The van der Waals surface area contributed by atoms with Gasteiger partial charge in [-0.3, -0.25) is 9.69 Å². The van der Waals surface area contributed by atoms with Crippen LogP contribution in [0.25, 0.3) is 0 Å². The molecular formula is C20H23N3O3S. The molecule has 0 spiro atoms. The third kappa shape index (κ3) is 3.21. The molecule has 7 heteroatoms. The number of nitrogens with one attached hydrogen (secondary N) is 2. The van der Waals surface area contributed by atoms with E-state index in [-0.39, 0.29) is 18.0 Å². The van der Waals surface area contributed by atoms with Gasteiger partial charge in [0.1, 0.15) is 11.2 Å². The molecule has 4 rings (SSSR count). The average Bonchev–Trinajstić information content (AvgIpc) is 3.05. The van der Waals surface area contributed by atoms with Crippen LogP contribution in [-0.4, -0.2) is 36.5 Å². The topological polar surface area (TPSA) is 70.7 Å². The largest absolute Gasteiger partial charge is 0.465 e. The van der Waals surface area contributed by atoms with Crippen molar-refractivity contribution in [3.05, 3.63) is 51.4 Å². The predicted molar refractivity (Wildman–Crippen MR) is 105 cm³/mol. The van der Waals surface area contributed by atoms with Crippen molar-refractivity contribution in [3.8, 4) is 0 Å². The van der Waals surface area contributed by atoms with Crippen LogP contribution >= 0.6 is 11.3 Å². The molecular weight excluding hydrogens is 362 g/mol. The van der Waals surface area contributed by atoms with Crippen molar-refractivity contribution >= 4 is 28.2 Å². The number of ether oxygens (including phenoxy) is 1. The maximum Gasteiger partial charge on any atom is 0.337 e. The normalized spacial score (nSPS) is 19.1. The number of nitrogens with zero attached hydrogens (tertiary/aromatic N) is 1. The summed E-state index contributed by atoms with van der Waals surface area (Å²) < 4.78 is 4.73. The van der Waals surface area contributed by atoms with E-state index in [4.69, 9.17) is 4.74 Å². The quantitative estimate of drug-likeness (QED) is 0.795. The molecule has 0 saturated carbocycles. The Morgan fingerprint density at radius 1 is 1.26 bits per heavy atom. The number of thiophene rings is 1. The van der Waals surface area contributed by atoms with Crippen molar-refractivity contribution in [1.82, 2.24) is 10.2 Å². The second-order valence-electron chi connectivity index (χ2n) is 7.19. The van der Waals surface area contributed by atoms with Crippen molar-refractivity contribution in [2.24, 2.45) is 0 Å². The maximum absolute atomic E-state index is 12.8. The van der Waals surface area contributed by atoms with Crippen LogP contribution in [0.3, 0.4) is 0 Å². The molecule has 2 aromatic rings. The molecule has 0 radical (unpaired) electrons. The molecule has 2 N–H and O–H groups in total. The van der Waals surface area contributed by atoms with Gasteiger partial charge >= 0.3 is 5.97 Å². The van der Waals surface area contributed by atoms with Gasteiger partial charge in [-0.25, -0.2) is 4.79 Å². The molecule has 0 unspecified atom stereocenters. The lowest BCUT2D eigenvalue weighted by molar-refractivity contribution is 0.0600. The lowest BCUT2D eigenvalue weighted by Gasteiger charge is -2.31. The van der Waals surface area contributed by atoms with E-state index in [0.717, 1.165) is 35.6 Å². The second-order valence-corrected chi connectivity index (χ2v) is 8.29. The van der Waals surface area contributed by atoms with E-state index in [1.54, 1.807) is 23.5 Å². The van der Waals surface area contributed by atoms with Gasteiger partial charge in [-0.05, 0) is 43.5 Å². The Kier molecular flexibility index (Phi) is 4.65. The Morgan fingerprint density at radius 3 is 2.67 bits per heavy atom. The highest BCUT2D eigenvalue weighted by atomic mass is 32.1. The SMILES string of the molecule is COC(=O)c1ccc([C@@H]2NC(=O)c3c(sc4c3CCN(C(C)C)C4)N2)cc1. The lowest BCUT2D eigenvalue weighted by Crippen LogP contribution is -2.39. The highest BCUT2D eigenvalue weighted by molar-refractivity contribution is 7.16. The highest BCUT2D eigenvalue weighted by Crippen LogP contribution is 2.41. The van der Waals surface area contributed by atoms with Crippen LogP contribution in [0.5, 0.6) is 0 Å². The van der Waals surface area contributed by atoms with E-state index in [0.29, 0.717) is 11.6 Å². The van der Waals surface area contributed by atoms with Gasteiger partial charge < -0.3 is 15.4 Å². The molecule has 27 heavy (non-hydrogen) atoms. The number of carbonyl (C=O) groups is 2. The molecule has 1 aromatic heterocycles. The molecule has 0 saturated heterocycles. The van der Waals surface area contributed by atoms with Crippen molar-refractivity contribution in [3.63, 3.8) is 0 Å². The van der Waals surface area contributed by atoms with Gasteiger partial charge in [0.2, 0.25) is 0 Å². The first-order valence-corrected chi connectivity index (χ1v) is 9.94. The predicted octanol–water partition coefficient (Wildman–Crippen LogP) is 3.16. The van der Waals surface area contributed by atoms with Gasteiger partial charge in [-0.2, -0.15) is 0 Å². The first-order chi connectivity index (χ1) is 13.0. The number of methoxy groups -OCH3 is 1. The number of rotatable bonds is 3. The van der Waals surface area contributed by atoms with Crippen molar-refractivity contribution < 1.29 is 14.3 Å². The van der Waals surface area contributed by atoms with E-state index in [9.17, 15) is 9.59 Å². The summed E-state index contributed by atoms with van der Waals surface area (Å²) in [6, 6.07) is 7.60. The number of hydrogen-bond donors (Lipinski definition) is 2. The molecule has 0 bridgehead atoms. The van der Waals surface area contributed by atoms with E-state index in [2.05, 4.69) is 29.4 Å². The molecule has 3 heterocycles. The summed E-state index contributed by atoms with van der Waals surface area (Å²) in [5.41, 5.74) is 3.39. The number of esters is 1.